The first-order chi connectivity index (χ1) is 13.5. The van der Waals surface area contributed by atoms with Crippen LogP contribution in [0.15, 0.2) is 54.6 Å². The molecule has 2 aromatic carbocycles. The molecule has 0 saturated carbocycles. The van der Waals surface area contributed by atoms with Gasteiger partial charge in [-0.25, -0.2) is 4.68 Å². The molecule has 0 fully saturated rings. The van der Waals surface area contributed by atoms with Crippen LogP contribution in [0.2, 0.25) is 0 Å². The molecule has 6 nitrogen and oxygen atoms in total. The second kappa shape index (κ2) is 8.61. The standard InChI is InChI=1S/C22H25N3O3/c1-5-15(2)23-22(26)21-14-20(16-7-6-8-19(13-16)28-4)24-25(21)17-9-11-18(27-3)12-10-17/h6-15H,5H2,1-4H3,(H,23,26)/t15-/m1/s1. The van der Waals surface area contributed by atoms with Gasteiger partial charge in [-0.15, -0.1) is 0 Å². The van der Waals surface area contributed by atoms with Gasteiger partial charge in [0.1, 0.15) is 17.2 Å². The number of nitrogens with one attached hydrogen (secondary N) is 1. The molecular formula is C22H25N3O3. The Bertz CT molecular complexity index is 948. The molecule has 3 aromatic rings. The monoisotopic (exact) mass is 379 g/mol. The van der Waals surface area contributed by atoms with Crippen LogP contribution in [0.4, 0.5) is 0 Å². The number of rotatable bonds is 7. The molecule has 0 aliphatic rings. The van der Waals surface area contributed by atoms with Crippen molar-refractivity contribution in [1.29, 1.82) is 0 Å². The van der Waals surface area contributed by atoms with Gasteiger partial charge in [0.2, 0.25) is 0 Å². The van der Waals surface area contributed by atoms with E-state index in [0.29, 0.717) is 11.4 Å². The smallest absolute Gasteiger partial charge is 0.270 e. The first-order valence-corrected chi connectivity index (χ1v) is 9.25. The van der Waals surface area contributed by atoms with Crippen LogP contribution in [0.3, 0.4) is 0 Å². The van der Waals surface area contributed by atoms with Crippen LogP contribution in [0.1, 0.15) is 30.8 Å². The Labute approximate surface area is 165 Å². The third-order valence-electron chi connectivity index (χ3n) is 4.61. The molecule has 0 spiro atoms. The molecule has 3 rings (SSSR count). The normalized spacial score (nSPS) is 11.7. The van der Waals surface area contributed by atoms with Crippen molar-refractivity contribution in [2.45, 2.75) is 26.3 Å². The lowest BCUT2D eigenvalue weighted by atomic mass is 10.1. The lowest BCUT2D eigenvalue weighted by Crippen LogP contribution is -2.33. The molecule has 1 aromatic heterocycles. The van der Waals surface area contributed by atoms with E-state index in [1.807, 2.05) is 62.4 Å². The highest BCUT2D eigenvalue weighted by Crippen LogP contribution is 2.26. The van der Waals surface area contributed by atoms with Gasteiger partial charge in [-0.05, 0) is 55.8 Å². The quantitative estimate of drug-likeness (QED) is 0.672. The lowest BCUT2D eigenvalue weighted by molar-refractivity contribution is 0.0931. The second-order valence-corrected chi connectivity index (χ2v) is 6.54. The molecule has 1 atom stereocenters. The third kappa shape index (κ3) is 4.17. The summed E-state index contributed by atoms with van der Waals surface area (Å²) in [6.07, 6.45) is 0.852. The van der Waals surface area contributed by atoms with Crippen molar-refractivity contribution in [2.75, 3.05) is 14.2 Å². The molecule has 0 saturated heterocycles. The van der Waals surface area contributed by atoms with Crippen LogP contribution < -0.4 is 14.8 Å². The molecule has 0 unspecified atom stereocenters. The molecule has 0 aliphatic heterocycles. The average Bonchev–Trinajstić information content (AvgIpc) is 3.19. The zero-order valence-corrected chi connectivity index (χ0v) is 16.6. The summed E-state index contributed by atoms with van der Waals surface area (Å²) in [5, 5.41) is 7.71. The van der Waals surface area contributed by atoms with Gasteiger partial charge in [0.25, 0.3) is 5.91 Å². The Morgan fingerprint density at radius 1 is 1.07 bits per heavy atom. The van der Waals surface area contributed by atoms with Crippen molar-refractivity contribution in [1.82, 2.24) is 15.1 Å². The molecule has 28 heavy (non-hydrogen) atoms. The highest BCUT2D eigenvalue weighted by molar-refractivity contribution is 5.94. The van der Waals surface area contributed by atoms with Crippen LogP contribution in [-0.2, 0) is 0 Å². The summed E-state index contributed by atoms with van der Waals surface area (Å²) >= 11 is 0. The number of ether oxygens (including phenoxy) is 2. The highest BCUT2D eigenvalue weighted by atomic mass is 16.5. The van der Waals surface area contributed by atoms with E-state index >= 15 is 0 Å². The van der Waals surface area contributed by atoms with Crippen LogP contribution in [-0.4, -0.2) is 35.9 Å². The van der Waals surface area contributed by atoms with E-state index in [4.69, 9.17) is 14.6 Å². The Morgan fingerprint density at radius 3 is 2.43 bits per heavy atom. The number of amides is 1. The molecule has 146 valence electrons. The zero-order chi connectivity index (χ0) is 20.1. The number of carbonyl (C=O) groups excluding carboxylic acids is 1. The van der Waals surface area contributed by atoms with Crippen molar-refractivity contribution >= 4 is 5.91 Å². The largest absolute Gasteiger partial charge is 0.497 e. The first-order valence-electron chi connectivity index (χ1n) is 9.25. The number of carbonyl (C=O) groups is 1. The van der Waals surface area contributed by atoms with Crippen molar-refractivity contribution in [3.05, 3.63) is 60.3 Å². The molecule has 1 N–H and O–H groups in total. The molecular weight excluding hydrogens is 354 g/mol. The average molecular weight is 379 g/mol. The summed E-state index contributed by atoms with van der Waals surface area (Å²) in [5.74, 6) is 1.32. The lowest BCUT2D eigenvalue weighted by Gasteiger charge is -2.12. The van der Waals surface area contributed by atoms with Gasteiger partial charge in [0.05, 0.1) is 25.6 Å². The first kappa shape index (κ1) is 19.5. The maximum absolute atomic E-state index is 12.9. The minimum atomic E-state index is -0.160. The van der Waals surface area contributed by atoms with Crippen molar-refractivity contribution < 1.29 is 14.3 Å². The van der Waals surface area contributed by atoms with Crippen LogP contribution in [0.25, 0.3) is 16.9 Å². The van der Waals surface area contributed by atoms with E-state index < -0.39 is 0 Å². The Morgan fingerprint density at radius 2 is 1.79 bits per heavy atom. The number of aromatic nitrogens is 2. The maximum atomic E-state index is 12.9. The van der Waals surface area contributed by atoms with Gasteiger partial charge in [0.15, 0.2) is 0 Å². The Hall–Kier alpha value is -3.28. The highest BCUT2D eigenvalue weighted by Gasteiger charge is 2.19. The summed E-state index contributed by atoms with van der Waals surface area (Å²) < 4.78 is 12.2. The van der Waals surface area contributed by atoms with Crippen LogP contribution in [0, 0.1) is 0 Å². The SMILES string of the molecule is CC[C@@H](C)NC(=O)c1cc(-c2cccc(OC)c2)nn1-c1ccc(OC)cc1. The number of nitrogens with zero attached hydrogens (tertiary/aromatic N) is 2. The van der Waals surface area contributed by atoms with Gasteiger partial charge in [-0.3, -0.25) is 4.79 Å². The summed E-state index contributed by atoms with van der Waals surface area (Å²) in [6, 6.07) is 16.9. The minimum Gasteiger partial charge on any atom is -0.497 e. The summed E-state index contributed by atoms with van der Waals surface area (Å²) in [5.41, 5.74) is 2.83. The molecule has 0 aliphatic carbocycles. The van der Waals surface area contributed by atoms with E-state index in [9.17, 15) is 4.79 Å². The molecule has 0 bridgehead atoms. The summed E-state index contributed by atoms with van der Waals surface area (Å²) in [7, 11) is 3.24. The van der Waals surface area contributed by atoms with Crippen LogP contribution >= 0.6 is 0 Å². The Balaban J connectivity index is 2.06. The van der Waals surface area contributed by atoms with Gasteiger partial charge < -0.3 is 14.8 Å². The molecule has 1 heterocycles. The molecule has 0 radical (unpaired) electrons. The maximum Gasteiger partial charge on any atom is 0.270 e. The number of hydrogen-bond donors (Lipinski definition) is 1. The predicted octanol–water partition coefficient (Wildman–Crippen LogP) is 4.08. The van der Waals surface area contributed by atoms with Gasteiger partial charge in [0, 0.05) is 11.6 Å². The van der Waals surface area contributed by atoms with E-state index in [-0.39, 0.29) is 11.9 Å². The predicted molar refractivity (Wildman–Crippen MR) is 109 cm³/mol. The van der Waals surface area contributed by atoms with E-state index in [1.54, 1.807) is 25.0 Å². The topological polar surface area (TPSA) is 65.4 Å². The van der Waals surface area contributed by atoms with Crippen molar-refractivity contribution in [3.63, 3.8) is 0 Å². The van der Waals surface area contributed by atoms with Crippen LogP contribution in [0.5, 0.6) is 11.5 Å². The Kier molecular flexibility index (Phi) is 5.99. The summed E-state index contributed by atoms with van der Waals surface area (Å²) in [4.78, 5) is 12.9. The van der Waals surface area contributed by atoms with Crippen molar-refractivity contribution in [3.8, 4) is 28.4 Å². The fraction of sp³-hybridized carbons (Fsp3) is 0.273. The fourth-order valence-corrected chi connectivity index (χ4v) is 2.79. The number of hydrogen-bond acceptors (Lipinski definition) is 4. The second-order valence-electron chi connectivity index (χ2n) is 6.54. The summed E-state index contributed by atoms with van der Waals surface area (Å²) in [6.45, 7) is 4.02. The van der Waals surface area contributed by atoms with Gasteiger partial charge in [-0.1, -0.05) is 19.1 Å². The fourth-order valence-electron chi connectivity index (χ4n) is 2.79. The molecule has 1 amide bonds. The van der Waals surface area contributed by atoms with E-state index in [0.717, 1.165) is 29.2 Å². The zero-order valence-electron chi connectivity index (χ0n) is 16.6. The van der Waals surface area contributed by atoms with E-state index in [1.165, 1.54) is 0 Å². The minimum absolute atomic E-state index is 0.0759. The van der Waals surface area contributed by atoms with Gasteiger partial charge in [-0.2, -0.15) is 5.10 Å². The van der Waals surface area contributed by atoms with Gasteiger partial charge >= 0.3 is 0 Å². The molecule has 6 heteroatoms. The number of methoxy groups -OCH3 is 2. The van der Waals surface area contributed by atoms with Crippen molar-refractivity contribution in [2.24, 2.45) is 0 Å². The third-order valence-corrected chi connectivity index (χ3v) is 4.61. The van der Waals surface area contributed by atoms with E-state index in [2.05, 4.69) is 5.32 Å². The number of benzene rings is 2.